The highest BCUT2D eigenvalue weighted by molar-refractivity contribution is 6.11. The molecule has 0 saturated heterocycles. The van der Waals surface area contributed by atoms with E-state index in [2.05, 4.69) is 105 Å². The number of hydrogen-bond acceptors (Lipinski definition) is 2. The number of nitrogens with zero attached hydrogens (tertiary/aromatic N) is 5. The fraction of sp³-hybridized carbons (Fsp3) is 0. The Balaban J connectivity index is 1.16. The van der Waals surface area contributed by atoms with Gasteiger partial charge in [0.1, 0.15) is 0 Å². The highest BCUT2D eigenvalue weighted by atomic mass is 15.0. The molecule has 0 aliphatic carbocycles. The summed E-state index contributed by atoms with van der Waals surface area (Å²) in [6.07, 6.45) is 0. The largest absolute Gasteiger partial charge is 0.310 e. The lowest BCUT2D eigenvalue weighted by atomic mass is 9.96. The van der Waals surface area contributed by atoms with Gasteiger partial charge < -0.3 is 9.13 Å². The average molecular weight is 636 g/mol. The number of nitriles is 2. The lowest BCUT2D eigenvalue weighted by molar-refractivity contribution is 1.18. The highest BCUT2D eigenvalue weighted by Crippen LogP contribution is 2.39. The van der Waals surface area contributed by atoms with Crippen molar-refractivity contribution >= 4 is 49.3 Å². The standard InChI is InChI=1S/C45H25N5/c1-48-33-19-21-36(45(26-33)50-43-13-7-4-10-39(43)40-24-29(27-46)14-23-44(40)50)31-17-15-30(16-18-31)35-22-20-34(25-32(35)28-47)49-41-11-5-2-8-37(41)38-9-3-6-12-42(38)49/h2-26H. The summed E-state index contributed by atoms with van der Waals surface area (Å²) >= 11 is 0. The van der Waals surface area contributed by atoms with Crippen LogP contribution in [0.25, 0.3) is 82.1 Å². The fourth-order valence-corrected chi connectivity index (χ4v) is 7.37. The van der Waals surface area contributed by atoms with Crippen molar-refractivity contribution in [3.05, 3.63) is 174 Å². The van der Waals surface area contributed by atoms with Gasteiger partial charge in [0.2, 0.25) is 0 Å². The number of fused-ring (bicyclic) bond motifs is 6. The van der Waals surface area contributed by atoms with Crippen LogP contribution in [0.3, 0.4) is 0 Å². The van der Waals surface area contributed by atoms with Gasteiger partial charge in [-0.15, -0.1) is 0 Å². The molecule has 0 atom stereocenters. The number of aromatic nitrogens is 2. The van der Waals surface area contributed by atoms with Gasteiger partial charge >= 0.3 is 0 Å². The van der Waals surface area contributed by atoms with Crippen LogP contribution in [0.15, 0.2) is 152 Å². The van der Waals surface area contributed by atoms with Crippen LogP contribution in [-0.2, 0) is 0 Å². The van der Waals surface area contributed by atoms with Gasteiger partial charge in [0, 0.05) is 38.5 Å². The molecular formula is C45H25N5. The first-order valence-electron chi connectivity index (χ1n) is 16.3. The first-order valence-corrected chi connectivity index (χ1v) is 16.3. The molecule has 0 unspecified atom stereocenters. The Morgan fingerprint density at radius 1 is 0.480 bits per heavy atom. The van der Waals surface area contributed by atoms with Crippen LogP contribution in [0.5, 0.6) is 0 Å². The molecule has 9 rings (SSSR count). The van der Waals surface area contributed by atoms with Gasteiger partial charge in [-0.2, -0.15) is 10.5 Å². The molecule has 0 bridgehead atoms. The molecule has 5 nitrogen and oxygen atoms in total. The molecule has 0 amide bonds. The van der Waals surface area contributed by atoms with Crippen molar-refractivity contribution < 1.29 is 0 Å². The molecule has 5 heteroatoms. The molecule has 0 saturated carbocycles. The van der Waals surface area contributed by atoms with Crippen LogP contribution in [-0.4, -0.2) is 9.13 Å². The molecule has 0 radical (unpaired) electrons. The topological polar surface area (TPSA) is 61.8 Å². The molecular weight excluding hydrogens is 611 g/mol. The van der Waals surface area contributed by atoms with Crippen LogP contribution in [0.4, 0.5) is 5.69 Å². The van der Waals surface area contributed by atoms with Crippen molar-refractivity contribution in [2.75, 3.05) is 0 Å². The minimum Gasteiger partial charge on any atom is -0.310 e. The molecule has 0 fully saturated rings. The Kier molecular flexibility index (Phi) is 6.56. The van der Waals surface area contributed by atoms with Crippen molar-refractivity contribution in [1.29, 1.82) is 10.5 Å². The number of benzene rings is 7. The van der Waals surface area contributed by atoms with Crippen molar-refractivity contribution in [2.24, 2.45) is 0 Å². The summed E-state index contributed by atoms with van der Waals surface area (Å²) in [7, 11) is 0. The zero-order valence-corrected chi connectivity index (χ0v) is 26.7. The van der Waals surface area contributed by atoms with E-state index in [4.69, 9.17) is 6.57 Å². The molecule has 7 aromatic carbocycles. The fourth-order valence-electron chi connectivity index (χ4n) is 7.37. The Morgan fingerprint density at radius 2 is 1.04 bits per heavy atom. The predicted molar refractivity (Wildman–Crippen MR) is 202 cm³/mol. The molecule has 9 aromatic rings. The van der Waals surface area contributed by atoms with Crippen LogP contribution in [0.2, 0.25) is 0 Å². The lowest BCUT2D eigenvalue weighted by Gasteiger charge is -2.16. The van der Waals surface area contributed by atoms with Gasteiger partial charge in [-0.25, -0.2) is 4.85 Å². The van der Waals surface area contributed by atoms with E-state index in [0.717, 1.165) is 66.5 Å². The van der Waals surface area contributed by atoms with Crippen molar-refractivity contribution in [1.82, 2.24) is 9.13 Å². The van der Waals surface area contributed by atoms with E-state index in [-0.39, 0.29) is 0 Å². The van der Waals surface area contributed by atoms with Crippen LogP contribution in [0.1, 0.15) is 11.1 Å². The molecule has 0 aliphatic rings. The minimum atomic E-state index is 0.543. The van der Waals surface area contributed by atoms with Crippen LogP contribution < -0.4 is 0 Å². The van der Waals surface area contributed by atoms with E-state index in [0.29, 0.717) is 16.8 Å². The third kappa shape index (κ3) is 4.38. The number of hydrogen-bond donors (Lipinski definition) is 0. The number of rotatable bonds is 4. The quantitative estimate of drug-likeness (QED) is 0.181. The summed E-state index contributed by atoms with van der Waals surface area (Å²) in [5, 5.41) is 24.4. The predicted octanol–water partition coefficient (Wildman–Crippen LogP) is 11.5. The molecule has 0 aliphatic heterocycles. The van der Waals surface area contributed by atoms with E-state index < -0.39 is 0 Å². The molecule has 2 heterocycles. The Hall–Kier alpha value is -7.39. The third-order valence-corrected chi connectivity index (χ3v) is 9.62. The van der Waals surface area contributed by atoms with Crippen molar-refractivity contribution in [2.45, 2.75) is 0 Å². The minimum absolute atomic E-state index is 0.543. The van der Waals surface area contributed by atoms with Gasteiger partial charge in [-0.1, -0.05) is 97.1 Å². The van der Waals surface area contributed by atoms with Gasteiger partial charge in [0.15, 0.2) is 5.69 Å². The summed E-state index contributed by atoms with van der Waals surface area (Å²) in [6, 6.07) is 55.5. The Bertz CT molecular complexity index is 2900. The molecule has 2 aromatic heterocycles. The zero-order valence-electron chi connectivity index (χ0n) is 26.7. The maximum atomic E-state index is 10.4. The van der Waals surface area contributed by atoms with E-state index in [1.807, 2.05) is 72.8 Å². The first-order chi connectivity index (χ1) is 24.7. The van der Waals surface area contributed by atoms with E-state index in [1.165, 1.54) is 10.8 Å². The normalized spacial score (nSPS) is 11.1. The monoisotopic (exact) mass is 635 g/mol. The summed E-state index contributed by atoms with van der Waals surface area (Å²) in [6.45, 7) is 7.77. The highest BCUT2D eigenvalue weighted by Gasteiger charge is 2.18. The lowest BCUT2D eigenvalue weighted by Crippen LogP contribution is -1.97. The van der Waals surface area contributed by atoms with Crippen LogP contribution in [0, 0.1) is 29.2 Å². The van der Waals surface area contributed by atoms with E-state index in [1.54, 1.807) is 0 Å². The summed E-state index contributed by atoms with van der Waals surface area (Å²) in [5.74, 6) is 0. The maximum absolute atomic E-state index is 10.4. The molecule has 50 heavy (non-hydrogen) atoms. The molecule has 230 valence electrons. The Morgan fingerprint density at radius 3 is 1.66 bits per heavy atom. The summed E-state index contributed by atoms with van der Waals surface area (Å²) in [5.41, 5.74) is 11.5. The van der Waals surface area contributed by atoms with Gasteiger partial charge in [0.25, 0.3) is 0 Å². The van der Waals surface area contributed by atoms with Crippen molar-refractivity contribution in [3.8, 4) is 45.8 Å². The second-order valence-electron chi connectivity index (χ2n) is 12.3. The van der Waals surface area contributed by atoms with E-state index in [9.17, 15) is 10.5 Å². The smallest absolute Gasteiger partial charge is 0.189 e. The number of para-hydroxylation sites is 3. The average Bonchev–Trinajstić information content (AvgIpc) is 3.70. The SMILES string of the molecule is [C-]#[N+]c1ccc(-c2ccc(-c3ccc(-n4c5ccccc5c5ccccc54)cc3C#N)cc2)c(-n2c3ccccc3c3cc(C#N)ccc32)c1. The van der Waals surface area contributed by atoms with Gasteiger partial charge in [0.05, 0.1) is 51.9 Å². The Labute approximate surface area is 288 Å². The third-order valence-electron chi connectivity index (χ3n) is 9.62. The molecule has 0 spiro atoms. The van der Waals surface area contributed by atoms with Gasteiger partial charge in [-0.3, -0.25) is 0 Å². The van der Waals surface area contributed by atoms with E-state index >= 15 is 0 Å². The second-order valence-corrected chi connectivity index (χ2v) is 12.3. The van der Waals surface area contributed by atoms with Gasteiger partial charge in [-0.05, 0) is 71.3 Å². The maximum Gasteiger partial charge on any atom is 0.189 e. The summed E-state index contributed by atoms with van der Waals surface area (Å²) < 4.78 is 4.41. The molecule has 0 N–H and O–H groups in total. The summed E-state index contributed by atoms with van der Waals surface area (Å²) in [4.78, 5) is 3.76. The zero-order chi connectivity index (χ0) is 33.8. The second kappa shape index (κ2) is 11.4. The van der Waals surface area contributed by atoms with Crippen molar-refractivity contribution in [3.63, 3.8) is 0 Å². The van der Waals surface area contributed by atoms with Crippen LogP contribution >= 0.6 is 0 Å². The first kappa shape index (κ1) is 28.8.